The number of aromatic nitrogens is 3. The Labute approximate surface area is 106 Å². The second-order valence-corrected chi connectivity index (χ2v) is 4.58. The number of hydrogen-bond acceptors (Lipinski definition) is 8. The van der Waals surface area contributed by atoms with Crippen LogP contribution in [0.25, 0.3) is 0 Å². The Kier molecular flexibility index (Phi) is 5.78. The number of hydrazine groups is 1. The highest BCUT2D eigenvalue weighted by atomic mass is 32.2. The lowest BCUT2D eigenvalue weighted by Crippen LogP contribution is -2.19. The summed E-state index contributed by atoms with van der Waals surface area (Å²) in [4.78, 5) is 14.3. The van der Waals surface area contributed by atoms with Crippen LogP contribution in [0.3, 0.4) is 0 Å². The van der Waals surface area contributed by atoms with E-state index < -0.39 is 0 Å². The van der Waals surface area contributed by atoms with Crippen LogP contribution in [0.15, 0.2) is 0 Å². The lowest BCUT2D eigenvalue weighted by molar-refractivity contribution is 0.919. The molecule has 0 bridgehead atoms. The van der Waals surface area contributed by atoms with E-state index in [-0.39, 0.29) is 0 Å². The van der Waals surface area contributed by atoms with E-state index in [1.165, 1.54) is 0 Å². The summed E-state index contributed by atoms with van der Waals surface area (Å²) in [6.07, 6.45) is 3.15. The van der Waals surface area contributed by atoms with Crippen LogP contribution in [0.5, 0.6) is 0 Å². The average Bonchev–Trinajstić information content (AvgIpc) is 2.34. The standard InChI is InChI=1S/C9H19N7S/c1-16(2)9-13-7(11-5-4-6-17-3)12-8(14-9)15-10/h4-6,10H2,1-3H3,(H2,11,12,13,14,15). The molecule has 4 N–H and O–H groups in total. The molecule has 0 unspecified atom stereocenters. The van der Waals surface area contributed by atoms with Crippen molar-refractivity contribution in [2.75, 3.05) is 48.3 Å². The third kappa shape index (κ3) is 4.61. The highest BCUT2D eigenvalue weighted by Gasteiger charge is 2.06. The van der Waals surface area contributed by atoms with Crippen LogP contribution in [0.1, 0.15) is 6.42 Å². The van der Waals surface area contributed by atoms with E-state index in [0.29, 0.717) is 17.8 Å². The number of rotatable bonds is 7. The zero-order valence-corrected chi connectivity index (χ0v) is 11.2. The Morgan fingerprint density at radius 2 is 1.94 bits per heavy atom. The minimum atomic E-state index is 0.357. The maximum absolute atomic E-state index is 5.31. The molecule has 1 aromatic rings. The van der Waals surface area contributed by atoms with Crippen LogP contribution in [0.2, 0.25) is 0 Å². The van der Waals surface area contributed by atoms with Crippen LogP contribution < -0.4 is 21.5 Å². The van der Waals surface area contributed by atoms with Gasteiger partial charge in [-0.2, -0.15) is 26.7 Å². The van der Waals surface area contributed by atoms with Crippen LogP contribution in [0, 0.1) is 0 Å². The van der Waals surface area contributed by atoms with E-state index in [1.54, 1.807) is 4.90 Å². The molecular formula is C9H19N7S. The first-order chi connectivity index (χ1) is 8.17. The highest BCUT2D eigenvalue weighted by molar-refractivity contribution is 7.98. The van der Waals surface area contributed by atoms with E-state index in [0.717, 1.165) is 18.7 Å². The second kappa shape index (κ2) is 7.13. The molecule has 0 spiro atoms. The molecule has 1 heterocycles. The maximum atomic E-state index is 5.31. The average molecular weight is 257 g/mol. The van der Waals surface area contributed by atoms with Gasteiger partial charge in [0.25, 0.3) is 0 Å². The SMILES string of the molecule is CSCCCNc1nc(NN)nc(N(C)C)n1. The van der Waals surface area contributed by atoms with E-state index in [2.05, 4.69) is 32.0 Å². The summed E-state index contributed by atoms with van der Waals surface area (Å²) < 4.78 is 0. The van der Waals surface area contributed by atoms with Crippen molar-refractivity contribution in [2.24, 2.45) is 5.84 Å². The third-order valence-corrected chi connectivity index (χ3v) is 2.66. The summed E-state index contributed by atoms with van der Waals surface area (Å²) in [5, 5.41) is 3.15. The molecule has 0 aliphatic carbocycles. The van der Waals surface area contributed by atoms with Crippen LogP contribution >= 0.6 is 11.8 Å². The van der Waals surface area contributed by atoms with E-state index >= 15 is 0 Å². The molecule has 96 valence electrons. The Bertz CT molecular complexity index is 344. The van der Waals surface area contributed by atoms with Gasteiger partial charge in [0.15, 0.2) is 0 Å². The largest absolute Gasteiger partial charge is 0.354 e. The maximum Gasteiger partial charge on any atom is 0.243 e. The van der Waals surface area contributed by atoms with Gasteiger partial charge in [0, 0.05) is 20.6 Å². The van der Waals surface area contributed by atoms with Gasteiger partial charge < -0.3 is 10.2 Å². The summed E-state index contributed by atoms with van der Waals surface area (Å²) in [5.41, 5.74) is 2.43. The molecule has 17 heavy (non-hydrogen) atoms. The molecule has 0 aliphatic rings. The highest BCUT2D eigenvalue weighted by Crippen LogP contribution is 2.10. The van der Waals surface area contributed by atoms with Gasteiger partial charge in [-0.3, -0.25) is 5.43 Å². The van der Waals surface area contributed by atoms with Crippen LogP contribution in [0.4, 0.5) is 17.8 Å². The molecule has 1 aromatic heterocycles. The zero-order chi connectivity index (χ0) is 12.7. The van der Waals surface area contributed by atoms with E-state index in [9.17, 15) is 0 Å². The molecule has 0 aromatic carbocycles. The zero-order valence-electron chi connectivity index (χ0n) is 10.4. The van der Waals surface area contributed by atoms with Crippen molar-refractivity contribution in [1.29, 1.82) is 0 Å². The number of thioether (sulfide) groups is 1. The summed E-state index contributed by atoms with van der Waals surface area (Å²) in [6.45, 7) is 0.835. The number of anilines is 3. The summed E-state index contributed by atoms with van der Waals surface area (Å²) in [5.74, 6) is 7.89. The smallest absolute Gasteiger partial charge is 0.243 e. The normalized spacial score (nSPS) is 10.1. The molecule has 0 radical (unpaired) electrons. The molecule has 1 rings (SSSR count). The van der Waals surface area contributed by atoms with Gasteiger partial charge >= 0.3 is 0 Å². The van der Waals surface area contributed by atoms with Crippen molar-refractivity contribution in [3.05, 3.63) is 0 Å². The molecule has 7 nitrogen and oxygen atoms in total. The Morgan fingerprint density at radius 3 is 2.53 bits per heavy atom. The second-order valence-electron chi connectivity index (χ2n) is 3.59. The first-order valence-corrected chi connectivity index (χ1v) is 6.69. The third-order valence-electron chi connectivity index (χ3n) is 1.96. The van der Waals surface area contributed by atoms with Crippen molar-refractivity contribution < 1.29 is 0 Å². The molecular weight excluding hydrogens is 238 g/mol. The minimum absolute atomic E-state index is 0.357. The fourth-order valence-electron chi connectivity index (χ4n) is 1.13. The fraction of sp³-hybridized carbons (Fsp3) is 0.667. The number of nitrogens with two attached hydrogens (primary N) is 1. The Hall–Kier alpha value is -1.28. The summed E-state index contributed by atoms with van der Waals surface area (Å²) in [7, 11) is 3.74. The predicted octanol–water partition coefficient (Wildman–Crippen LogP) is 0.388. The molecule has 0 aliphatic heterocycles. The lowest BCUT2D eigenvalue weighted by atomic mass is 10.5. The molecule has 8 heteroatoms. The van der Waals surface area contributed by atoms with Crippen LogP contribution in [-0.4, -0.2) is 47.6 Å². The predicted molar refractivity (Wildman–Crippen MR) is 73.5 cm³/mol. The van der Waals surface area contributed by atoms with Crippen molar-refractivity contribution in [2.45, 2.75) is 6.42 Å². The number of nitrogens with zero attached hydrogens (tertiary/aromatic N) is 4. The fourth-order valence-corrected chi connectivity index (χ4v) is 1.56. The van der Waals surface area contributed by atoms with Gasteiger partial charge in [0.1, 0.15) is 0 Å². The topological polar surface area (TPSA) is 92.0 Å². The van der Waals surface area contributed by atoms with E-state index in [4.69, 9.17) is 5.84 Å². The first-order valence-electron chi connectivity index (χ1n) is 5.30. The number of nitrogen functional groups attached to an aromatic ring is 1. The van der Waals surface area contributed by atoms with Crippen molar-refractivity contribution in [3.8, 4) is 0 Å². The van der Waals surface area contributed by atoms with Crippen molar-refractivity contribution in [1.82, 2.24) is 15.0 Å². The molecule has 0 fully saturated rings. The summed E-state index contributed by atoms with van der Waals surface area (Å²) >= 11 is 1.82. The molecule has 0 saturated heterocycles. The number of hydrogen-bond donors (Lipinski definition) is 3. The lowest BCUT2D eigenvalue weighted by Gasteiger charge is -2.12. The van der Waals surface area contributed by atoms with Gasteiger partial charge in [0.05, 0.1) is 0 Å². The van der Waals surface area contributed by atoms with Crippen molar-refractivity contribution in [3.63, 3.8) is 0 Å². The Morgan fingerprint density at radius 1 is 1.24 bits per heavy atom. The van der Waals surface area contributed by atoms with Gasteiger partial charge in [-0.1, -0.05) is 0 Å². The summed E-state index contributed by atoms with van der Waals surface area (Å²) in [6, 6.07) is 0. The van der Waals surface area contributed by atoms with Crippen molar-refractivity contribution >= 4 is 29.6 Å². The molecule has 0 amide bonds. The van der Waals surface area contributed by atoms with Gasteiger partial charge in [-0.05, 0) is 18.4 Å². The quantitative estimate of drug-likeness (QED) is 0.367. The Balaban J connectivity index is 2.66. The number of nitrogens with one attached hydrogen (secondary N) is 2. The van der Waals surface area contributed by atoms with Crippen LogP contribution in [-0.2, 0) is 0 Å². The van der Waals surface area contributed by atoms with Gasteiger partial charge in [0.2, 0.25) is 17.8 Å². The van der Waals surface area contributed by atoms with Gasteiger partial charge in [-0.25, -0.2) is 5.84 Å². The first kappa shape index (κ1) is 13.8. The van der Waals surface area contributed by atoms with E-state index in [1.807, 2.05) is 25.9 Å². The van der Waals surface area contributed by atoms with Gasteiger partial charge in [-0.15, -0.1) is 0 Å². The monoisotopic (exact) mass is 257 g/mol. The molecule has 0 atom stereocenters. The minimum Gasteiger partial charge on any atom is -0.354 e. The molecule has 0 saturated carbocycles.